The van der Waals surface area contributed by atoms with E-state index >= 15 is 0 Å². The second-order valence-corrected chi connectivity index (χ2v) is 7.30. The van der Waals surface area contributed by atoms with Gasteiger partial charge in [0.2, 0.25) is 0 Å². The number of hydrogen-bond donors (Lipinski definition) is 0. The van der Waals surface area contributed by atoms with E-state index in [9.17, 15) is 9.18 Å². The molecule has 1 atom stereocenters. The number of aryl methyl sites for hydroxylation is 2. The van der Waals surface area contributed by atoms with Gasteiger partial charge in [-0.15, -0.1) is 0 Å². The monoisotopic (exact) mass is 299 g/mol. The Hall–Kier alpha value is -1.91. The number of alkyl halides is 1. The van der Waals surface area contributed by atoms with Gasteiger partial charge in [-0.25, -0.2) is 13.9 Å². The summed E-state index contributed by atoms with van der Waals surface area (Å²) in [4.78, 5) is 12.9. The maximum absolute atomic E-state index is 13.8. The fraction of sp³-hybridized carbons (Fsp3) is 0.529. The highest BCUT2D eigenvalue weighted by Crippen LogP contribution is 2.66. The van der Waals surface area contributed by atoms with Crippen LogP contribution >= 0.6 is 0 Å². The molecule has 114 valence electrons. The standard InChI is InChI=1S/C17H18FN3O/c1-11-4-2-3-5-12(11)13-6-7-14-19-21(15(22)20(13)14)17-8-16(18,9-17)10-17/h2-5,13H,6-10H2,1H3/t13-,16?,17?/m0/s1. The maximum Gasteiger partial charge on any atom is 0.347 e. The van der Waals surface area contributed by atoms with E-state index < -0.39 is 5.67 Å². The highest BCUT2D eigenvalue weighted by atomic mass is 19.1. The zero-order valence-corrected chi connectivity index (χ0v) is 12.6. The molecule has 2 bridgehead atoms. The van der Waals surface area contributed by atoms with E-state index in [4.69, 9.17) is 0 Å². The number of rotatable bonds is 2. The zero-order valence-electron chi connectivity index (χ0n) is 12.6. The highest BCUT2D eigenvalue weighted by molar-refractivity contribution is 5.31. The van der Waals surface area contributed by atoms with Crippen molar-refractivity contribution >= 4 is 0 Å². The molecular weight excluding hydrogens is 281 g/mol. The molecule has 5 heteroatoms. The summed E-state index contributed by atoms with van der Waals surface area (Å²) in [7, 11) is 0. The SMILES string of the molecule is Cc1ccccc1[C@@H]1CCc2nn(C34CC(F)(C3)C4)c(=O)n21. The molecule has 0 radical (unpaired) electrons. The van der Waals surface area contributed by atoms with Crippen LogP contribution in [0.2, 0.25) is 0 Å². The van der Waals surface area contributed by atoms with Gasteiger partial charge in [0.05, 0.1) is 11.6 Å². The molecule has 6 rings (SSSR count). The Kier molecular flexibility index (Phi) is 2.12. The minimum absolute atomic E-state index is 0.0532. The van der Waals surface area contributed by atoms with Gasteiger partial charge in [-0.1, -0.05) is 24.3 Å². The van der Waals surface area contributed by atoms with Crippen molar-refractivity contribution < 1.29 is 4.39 Å². The van der Waals surface area contributed by atoms with Crippen LogP contribution in [0.15, 0.2) is 29.1 Å². The van der Waals surface area contributed by atoms with Crippen molar-refractivity contribution in [3.8, 4) is 0 Å². The summed E-state index contributed by atoms with van der Waals surface area (Å²) in [5.41, 5.74) is 1.01. The van der Waals surface area contributed by atoms with Gasteiger partial charge in [0.25, 0.3) is 0 Å². The van der Waals surface area contributed by atoms with Gasteiger partial charge < -0.3 is 0 Å². The molecule has 2 heterocycles. The molecule has 4 aliphatic rings. The van der Waals surface area contributed by atoms with Crippen LogP contribution in [0.3, 0.4) is 0 Å². The molecule has 1 aromatic heterocycles. The quantitative estimate of drug-likeness (QED) is 0.854. The van der Waals surface area contributed by atoms with Crippen LogP contribution in [-0.2, 0) is 12.0 Å². The van der Waals surface area contributed by atoms with E-state index in [2.05, 4.69) is 24.2 Å². The Morgan fingerprint density at radius 2 is 2.00 bits per heavy atom. The maximum atomic E-state index is 13.8. The van der Waals surface area contributed by atoms with Crippen molar-refractivity contribution in [3.63, 3.8) is 0 Å². The third kappa shape index (κ3) is 1.37. The van der Waals surface area contributed by atoms with Gasteiger partial charge in [-0.3, -0.25) is 4.57 Å². The lowest BCUT2D eigenvalue weighted by Gasteiger charge is -2.64. The lowest BCUT2D eigenvalue weighted by atomic mass is 9.47. The van der Waals surface area contributed by atoms with Crippen LogP contribution < -0.4 is 5.69 Å². The predicted molar refractivity (Wildman–Crippen MR) is 79.8 cm³/mol. The lowest BCUT2D eigenvalue weighted by Crippen LogP contribution is -2.72. The third-order valence-electron chi connectivity index (χ3n) is 5.77. The predicted octanol–water partition coefficient (Wildman–Crippen LogP) is 2.49. The molecule has 2 aromatic rings. The molecule has 0 N–H and O–H groups in total. The Bertz CT molecular complexity index is 830. The van der Waals surface area contributed by atoms with Crippen LogP contribution in [0, 0.1) is 6.92 Å². The molecule has 0 amide bonds. The highest BCUT2D eigenvalue weighted by Gasteiger charge is 2.71. The van der Waals surface area contributed by atoms with E-state index in [1.807, 2.05) is 16.7 Å². The van der Waals surface area contributed by atoms with Gasteiger partial charge in [0, 0.05) is 25.7 Å². The summed E-state index contributed by atoms with van der Waals surface area (Å²) in [6, 6.07) is 8.28. The topological polar surface area (TPSA) is 39.8 Å². The molecule has 3 aliphatic carbocycles. The summed E-state index contributed by atoms with van der Waals surface area (Å²) < 4.78 is 17.2. The van der Waals surface area contributed by atoms with E-state index in [0.29, 0.717) is 19.3 Å². The second kappa shape index (κ2) is 3.70. The van der Waals surface area contributed by atoms with E-state index in [1.54, 1.807) is 4.68 Å². The Labute approximate surface area is 127 Å². The van der Waals surface area contributed by atoms with Crippen LogP contribution in [0.1, 0.15) is 48.7 Å². The first-order chi connectivity index (χ1) is 10.5. The van der Waals surface area contributed by atoms with Gasteiger partial charge in [-0.05, 0) is 24.5 Å². The van der Waals surface area contributed by atoms with Crippen molar-refractivity contribution in [1.29, 1.82) is 0 Å². The second-order valence-electron chi connectivity index (χ2n) is 7.30. The first-order valence-electron chi connectivity index (χ1n) is 7.97. The number of benzene rings is 1. The van der Waals surface area contributed by atoms with Crippen molar-refractivity contribution in [2.24, 2.45) is 0 Å². The minimum atomic E-state index is -1.01. The van der Waals surface area contributed by atoms with Crippen molar-refractivity contribution in [2.45, 2.75) is 56.3 Å². The Balaban J connectivity index is 1.60. The third-order valence-corrected chi connectivity index (χ3v) is 5.77. The molecule has 0 spiro atoms. The average molecular weight is 299 g/mol. The molecule has 4 nitrogen and oxygen atoms in total. The summed E-state index contributed by atoms with van der Waals surface area (Å²) in [5.74, 6) is 0.857. The largest absolute Gasteiger partial charge is 0.347 e. The lowest BCUT2D eigenvalue weighted by molar-refractivity contribution is -0.205. The molecule has 1 aromatic carbocycles. The van der Waals surface area contributed by atoms with E-state index in [-0.39, 0.29) is 17.3 Å². The van der Waals surface area contributed by atoms with Crippen molar-refractivity contribution in [2.75, 3.05) is 0 Å². The summed E-state index contributed by atoms with van der Waals surface area (Å²) in [6.45, 7) is 2.08. The number of hydrogen-bond acceptors (Lipinski definition) is 2. The first-order valence-corrected chi connectivity index (χ1v) is 7.97. The average Bonchev–Trinajstić information content (AvgIpc) is 2.96. The molecule has 0 unspecified atom stereocenters. The van der Waals surface area contributed by atoms with Gasteiger partial charge in [0.15, 0.2) is 0 Å². The smallest absolute Gasteiger partial charge is 0.271 e. The summed E-state index contributed by atoms with van der Waals surface area (Å²) >= 11 is 0. The minimum Gasteiger partial charge on any atom is -0.271 e. The Morgan fingerprint density at radius 3 is 2.68 bits per heavy atom. The summed E-state index contributed by atoms with van der Waals surface area (Å²) in [5, 5.41) is 4.56. The number of halogens is 1. The number of aromatic nitrogens is 3. The number of nitrogens with zero attached hydrogens (tertiary/aromatic N) is 3. The normalized spacial score (nSPS) is 34.9. The van der Waals surface area contributed by atoms with E-state index in [1.165, 1.54) is 11.1 Å². The van der Waals surface area contributed by atoms with E-state index in [0.717, 1.165) is 18.7 Å². The van der Waals surface area contributed by atoms with Crippen molar-refractivity contribution in [3.05, 3.63) is 51.7 Å². The van der Waals surface area contributed by atoms with Crippen LogP contribution in [0.5, 0.6) is 0 Å². The fourth-order valence-corrected chi connectivity index (χ4v) is 4.70. The van der Waals surface area contributed by atoms with Crippen molar-refractivity contribution in [1.82, 2.24) is 14.3 Å². The molecule has 3 fully saturated rings. The molecule has 0 saturated heterocycles. The first kappa shape index (κ1) is 12.6. The molecule has 3 saturated carbocycles. The van der Waals surface area contributed by atoms with Gasteiger partial charge in [-0.2, -0.15) is 5.10 Å². The van der Waals surface area contributed by atoms with Crippen LogP contribution in [-0.4, -0.2) is 20.0 Å². The molecule has 22 heavy (non-hydrogen) atoms. The van der Waals surface area contributed by atoms with Crippen LogP contribution in [0.25, 0.3) is 0 Å². The van der Waals surface area contributed by atoms with Gasteiger partial charge >= 0.3 is 5.69 Å². The molecule has 1 aliphatic heterocycles. The van der Waals surface area contributed by atoms with Gasteiger partial charge in [0.1, 0.15) is 11.5 Å². The molecular formula is C17H18FN3O. The van der Waals surface area contributed by atoms with Crippen LogP contribution in [0.4, 0.5) is 4.39 Å². The Morgan fingerprint density at radius 1 is 1.27 bits per heavy atom. The fourth-order valence-electron chi connectivity index (χ4n) is 4.70. The zero-order chi connectivity index (χ0) is 15.1. The summed E-state index contributed by atoms with van der Waals surface area (Å²) in [6.07, 6.45) is 3.13. The number of fused-ring (bicyclic) bond motifs is 1.